The van der Waals surface area contributed by atoms with Gasteiger partial charge in [-0.3, -0.25) is 0 Å². The Morgan fingerprint density at radius 3 is 1.55 bits per heavy atom. The van der Waals surface area contributed by atoms with Crippen LogP contribution in [-0.4, -0.2) is 5.43 Å². The summed E-state index contributed by atoms with van der Waals surface area (Å²) in [6.45, 7) is 6.76. The molecule has 0 aliphatic heterocycles. The van der Waals surface area contributed by atoms with Crippen molar-refractivity contribution in [2.75, 3.05) is 0 Å². The van der Waals surface area contributed by atoms with E-state index in [1.54, 1.807) is 23.3 Å². The van der Waals surface area contributed by atoms with E-state index < -0.39 is 0 Å². The van der Waals surface area contributed by atoms with Gasteiger partial charge in [-0.25, -0.2) is 0 Å². The number of hydrogen-bond acceptors (Lipinski definition) is 0. The zero-order valence-corrected chi connectivity index (χ0v) is 28.3. The van der Waals surface area contributed by atoms with Crippen molar-refractivity contribution in [3.05, 3.63) is 132 Å². The average Bonchev–Trinajstić information content (AvgIpc) is 3.56. The average molecular weight is 657 g/mol. The SMILES string of the molecule is C[Si](C)=[Zr+2].Cc1cc2c(-c3ccccc3)cccc2[cH-]1.[Cl-].[Cl-].c1ccc(-c2cccc3[cH-]c(C4CC4)cc23)cc1. The van der Waals surface area contributed by atoms with Gasteiger partial charge < -0.3 is 24.8 Å². The van der Waals surface area contributed by atoms with Crippen LogP contribution in [0.1, 0.15) is 29.9 Å². The summed E-state index contributed by atoms with van der Waals surface area (Å²) in [5, 5.41) is 5.48. The van der Waals surface area contributed by atoms with Crippen molar-refractivity contribution in [1.82, 2.24) is 0 Å². The van der Waals surface area contributed by atoms with Crippen LogP contribution in [0.3, 0.4) is 0 Å². The maximum Gasteiger partial charge on any atom is -0.0279 e. The van der Waals surface area contributed by atoms with Crippen LogP contribution in [0.5, 0.6) is 0 Å². The maximum absolute atomic E-state index is 2.40. The third-order valence-corrected chi connectivity index (χ3v) is 6.89. The summed E-state index contributed by atoms with van der Waals surface area (Å²) >= 11 is 1.74. The standard InChI is InChI=1S/C18H15.C16H13.C2H6Si.2ClH.Zr/c1-2-5-14(6-3-1)17-8-4-7-15-11-16(12-18(15)17)13-9-10-13;1-12-10-14-8-5-9-15(16(14)11-12)13-6-3-2-4-7-13;1-3-2;;;/h1-8,11-13H,9-10H2;2-11H,1H3;1-2H3;2*1H;/q2*-1;;;;+2/p-2. The largest absolute Gasteiger partial charge is 1.00 e. The molecule has 0 radical (unpaired) electrons. The first-order valence-electron chi connectivity index (χ1n) is 13.5. The van der Waals surface area contributed by atoms with Crippen molar-refractivity contribution in [3.63, 3.8) is 0 Å². The zero-order chi connectivity index (χ0) is 26.5. The van der Waals surface area contributed by atoms with Gasteiger partial charge in [0, 0.05) is 0 Å². The molecule has 4 heteroatoms. The van der Waals surface area contributed by atoms with Crippen molar-refractivity contribution in [1.29, 1.82) is 0 Å². The van der Waals surface area contributed by atoms with E-state index in [-0.39, 0.29) is 30.2 Å². The van der Waals surface area contributed by atoms with E-state index in [4.69, 9.17) is 0 Å². The Kier molecular flexibility index (Phi) is 12.2. The van der Waals surface area contributed by atoms with E-state index in [1.807, 2.05) is 0 Å². The molecular formula is C36H34Cl2SiZr-2. The maximum atomic E-state index is 2.40. The molecule has 0 amide bonds. The number of halogens is 2. The van der Waals surface area contributed by atoms with E-state index in [0.29, 0.717) is 0 Å². The molecule has 0 aromatic heterocycles. The van der Waals surface area contributed by atoms with Crippen molar-refractivity contribution in [2.24, 2.45) is 0 Å². The van der Waals surface area contributed by atoms with E-state index in [2.05, 4.69) is 141 Å². The Morgan fingerprint density at radius 1 is 0.625 bits per heavy atom. The molecule has 0 heterocycles. The molecule has 0 nitrogen and oxygen atoms in total. The second-order valence-corrected chi connectivity index (χ2v) is 19.8. The van der Waals surface area contributed by atoms with Crippen LogP contribution in [0, 0.1) is 6.92 Å². The molecule has 1 saturated carbocycles. The van der Waals surface area contributed by atoms with Crippen LogP contribution in [0.4, 0.5) is 0 Å². The number of hydrogen-bond donors (Lipinski definition) is 0. The van der Waals surface area contributed by atoms with Gasteiger partial charge in [0.25, 0.3) is 0 Å². The fraction of sp³-hybridized carbons (Fsp3) is 0.167. The Hall–Kier alpha value is -2.22. The zero-order valence-electron chi connectivity index (χ0n) is 23.3. The van der Waals surface area contributed by atoms with Crippen LogP contribution < -0.4 is 24.8 Å². The van der Waals surface area contributed by atoms with E-state index in [0.717, 1.165) is 5.92 Å². The molecule has 6 aromatic carbocycles. The first-order valence-corrected chi connectivity index (χ1v) is 19.7. The summed E-state index contributed by atoms with van der Waals surface area (Å²) in [5.41, 5.74) is 8.37. The van der Waals surface area contributed by atoms with Gasteiger partial charge in [0.1, 0.15) is 0 Å². The third-order valence-electron chi connectivity index (χ3n) is 6.89. The summed E-state index contributed by atoms with van der Waals surface area (Å²) < 4.78 is 0. The Balaban J connectivity index is 0.000000188. The fourth-order valence-electron chi connectivity index (χ4n) is 5.03. The molecule has 0 saturated heterocycles. The minimum atomic E-state index is 0. The molecule has 202 valence electrons. The second kappa shape index (κ2) is 15.1. The minimum Gasteiger partial charge on any atom is -1.00 e. The second-order valence-electron chi connectivity index (χ2n) is 10.4. The van der Waals surface area contributed by atoms with Crippen molar-refractivity contribution >= 4 is 27.0 Å². The number of aryl methyl sites for hydroxylation is 1. The van der Waals surface area contributed by atoms with Gasteiger partial charge in [-0.05, 0) is 29.9 Å². The van der Waals surface area contributed by atoms with Gasteiger partial charge in [0.05, 0.1) is 0 Å². The number of rotatable bonds is 3. The van der Waals surface area contributed by atoms with Crippen LogP contribution in [0.15, 0.2) is 121 Å². The summed E-state index contributed by atoms with van der Waals surface area (Å²) in [6, 6.07) is 43.6. The normalized spacial score (nSPS) is 11.8. The summed E-state index contributed by atoms with van der Waals surface area (Å²) in [5.74, 6) is 0.834. The quantitative estimate of drug-likeness (QED) is 0.196. The molecule has 0 N–H and O–H groups in total. The first kappa shape index (κ1) is 32.3. The predicted octanol–water partition coefficient (Wildman–Crippen LogP) is 4.43. The molecule has 1 fully saturated rings. The molecule has 1 aliphatic rings. The van der Waals surface area contributed by atoms with Crippen molar-refractivity contribution in [2.45, 2.75) is 38.8 Å². The van der Waals surface area contributed by atoms with Gasteiger partial charge in [0.2, 0.25) is 0 Å². The number of fused-ring (bicyclic) bond motifs is 2. The summed E-state index contributed by atoms with van der Waals surface area (Å²) in [7, 11) is 0. The van der Waals surface area contributed by atoms with E-state index in [9.17, 15) is 0 Å². The summed E-state index contributed by atoms with van der Waals surface area (Å²) in [6.07, 6.45) is 2.74. The Bertz CT molecular complexity index is 1660. The van der Waals surface area contributed by atoms with Gasteiger partial charge >= 0.3 is 41.9 Å². The fourth-order valence-corrected chi connectivity index (χ4v) is 5.03. The van der Waals surface area contributed by atoms with Crippen molar-refractivity contribution in [3.8, 4) is 22.3 Å². The molecule has 0 atom stereocenters. The van der Waals surface area contributed by atoms with Crippen LogP contribution >= 0.6 is 0 Å². The van der Waals surface area contributed by atoms with E-state index in [1.165, 1.54) is 67.8 Å². The minimum absolute atomic E-state index is 0. The molecule has 40 heavy (non-hydrogen) atoms. The molecule has 6 aromatic rings. The monoisotopic (exact) mass is 654 g/mol. The molecule has 0 bridgehead atoms. The topological polar surface area (TPSA) is 0 Å². The molecule has 1 aliphatic carbocycles. The Labute approximate surface area is 266 Å². The molecule has 0 spiro atoms. The van der Waals surface area contributed by atoms with Crippen molar-refractivity contribution < 1.29 is 48.1 Å². The van der Waals surface area contributed by atoms with Crippen LogP contribution in [0.25, 0.3) is 43.8 Å². The van der Waals surface area contributed by atoms with Gasteiger partial charge in [-0.1, -0.05) is 90.8 Å². The van der Waals surface area contributed by atoms with Gasteiger partial charge in [-0.15, -0.1) is 69.1 Å². The van der Waals surface area contributed by atoms with Crippen LogP contribution in [-0.2, 0) is 23.3 Å². The van der Waals surface area contributed by atoms with Gasteiger partial charge in [-0.2, -0.15) is 12.1 Å². The summed E-state index contributed by atoms with van der Waals surface area (Å²) in [4.78, 5) is 0. The number of benzene rings is 4. The molecule has 0 unspecified atom stereocenters. The van der Waals surface area contributed by atoms with Gasteiger partial charge in [0.15, 0.2) is 0 Å². The Morgan fingerprint density at radius 2 is 1.07 bits per heavy atom. The van der Waals surface area contributed by atoms with Crippen LogP contribution in [0.2, 0.25) is 13.1 Å². The molecule has 7 rings (SSSR count). The smallest absolute Gasteiger partial charge is 0.0279 e. The van der Waals surface area contributed by atoms with E-state index >= 15 is 0 Å². The predicted molar refractivity (Wildman–Crippen MR) is 164 cm³/mol. The first-order chi connectivity index (χ1) is 18.5. The third kappa shape index (κ3) is 8.17. The molecular weight excluding hydrogens is 623 g/mol.